The summed E-state index contributed by atoms with van der Waals surface area (Å²) >= 11 is 6.27. The fourth-order valence-corrected chi connectivity index (χ4v) is 5.26. The zero-order valence-corrected chi connectivity index (χ0v) is 21.0. The third-order valence-electron chi connectivity index (χ3n) is 5.61. The highest BCUT2D eigenvalue weighted by Gasteiger charge is 2.27. The van der Waals surface area contributed by atoms with E-state index in [1.165, 1.54) is 18.3 Å². The van der Waals surface area contributed by atoms with Gasteiger partial charge in [0.1, 0.15) is 5.75 Å². The van der Waals surface area contributed by atoms with Gasteiger partial charge in [-0.05, 0) is 47.5 Å². The van der Waals surface area contributed by atoms with Gasteiger partial charge < -0.3 is 5.11 Å². The van der Waals surface area contributed by atoms with Crippen LogP contribution >= 0.6 is 11.6 Å². The first-order valence-electron chi connectivity index (χ1n) is 11.1. The number of hydrazone groups is 1. The van der Waals surface area contributed by atoms with E-state index in [0.29, 0.717) is 16.1 Å². The number of aromatic hydroxyl groups is 1. The standard InChI is InChI=1S/C27H24ClN3O4S/c1-19-10-13-22(14-11-19)36(34,35)31(17-21-7-3-5-9-25(21)28)18-27(33)30-29-16-24-23-8-4-2-6-20(23)12-15-26(24)32/h2-16,32H,17-18H2,1H3,(H,30,33)/b29-16-. The Bertz CT molecular complexity index is 1540. The molecule has 0 aliphatic rings. The molecule has 0 atom stereocenters. The molecule has 7 nitrogen and oxygen atoms in total. The van der Waals surface area contributed by atoms with E-state index in [4.69, 9.17) is 11.6 Å². The normalized spacial score (nSPS) is 11.9. The molecule has 4 aromatic carbocycles. The maximum absolute atomic E-state index is 13.4. The molecule has 0 aromatic heterocycles. The summed E-state index contributed by atoms with van der Waals surface area (Å²) in [6.45, 7) is 1.27. The lowest BCUT2D eigenvalue weighted by Gasteiger charge is -2.22. The average Bonchev–Trinajstić information content (AvgIpc) is 2.86. The largest absolute Gasteiger partial charge is 0.507 e. The molecule has 0 spiro atoms. The Labute approximate surface area is 214 Å². The van der Waals surface area contributed by atoms with Crippen molar-refractivity contribution in [2.75, 3.05) is 6.54 Å². The van der Waals surface area contributed by atoms with E-state index in [0.717, 1.165) is 20.6 Å². The van der Waals surface area contributed by atoms with Crippen LogP contribution in [0.25, 0.3) is 10.8 Å². The maximum Gasteiger partial charge on any atom is 0.255 e. The van der Waals surface area contributed by atoms with Gasteiger partial charge in [-0.25, -0.2) is 13.8 Å². The van der Waals surface area contributed by atoms with Crippen molar-refractivity contribution >= 4 is 44.5 Å². The van der Waals surface area contributed by atoms with Crippen LogP contribution in [-0.4, -0.2) is 36.5 Å². The fourth-order valence-electron chi connectivity index (χ4n) is 3.69. The van der Waals surface area contributed by atoms with Crippen LogP contribution in [0.3, 0.4) is 0 Å². The molecule has 0 heterocycles. The van der Waals surface area contributed by atoms with Gasteiger partial charge in [0.25, 0.3) is 5.91 Å². The van der Waals surface area contributed by atoms with Crippen LogP contribution in [0, 0.1) is 6.92 Å². The smallest absolute Gasteiger partial charge is 0.255 e. The zero-order chi connectivity index (χ0) is 25.7. The molecule has 0 unspecified atom stereocenters. The van der Waals surface area contributed by atoms with Gasteiger partial charge in [0.2, 0.25) is 10.0 Å². The Morgan fingerprint density at radius 1 is 1.00 bits per heavy atom. The molecule has 0 aliphatic carbocycles. The maximum atomic E-state index is 13.4. The summed E-state index contributed by atoms with van der Waals surface area (Å²) in [7, 11) is -4.02. The summed E-state index contributed by atoms with van der Waals surface area (Å²) < 4.78 is 27.9. The van der Waals surface area contributed by atoms with Gasteiger partial charge in [-0.2, -0.15) is 9.41 Å². The van der Waals surface area contributed by atoms with Gasteiger partial charge in [0.05, 0.1) is 17.7 Å². The van der Waals surface area contributed by atoms with E-state index >= 15 is 0 Å². The molecular formula is C27H24ClN3O4S. The Kier molecular flexibility index (Phi) is 7.69. The molecule has 0 saturated carbocycles. The number of carbonyl (C=O) groups is 1. The van der Waals surface area contributed by atoms with Gasteiger partial charge in [-0.15, -0.1) is 0 Å². The minimum Gasteiger partial charge on any atom is -0.507 e. The molecule has 4 aromatic rings. The third-order valence-corrected chi connectivity index (χ3v) is 7.79. The lowest BCUT2D eigenvalue weighted by molar-refractivity contribution is -0.121. The molecule has 4 rings (SSSR count). The molecule has 0 bridgehead atoms. The van der Waals surface area contributed by atoms with Crippen molar-refractivity contribution in [3.8, 4) is 5.75 Å². The van der Waals surface area contributed by atoms with Crippen molar-refractivity contribution in [2.45, 2.75) is 18.4 Å². The number of nitrogens with zero attached hydrogens (tertiary/aromatic N) is 2. The number of benzene rings is 4. The number of halogens is 1. The highest BCUT2D eigenvalue weighted by atomic mass is 35.5. The Hall–Kier alpha value is -3.72. The van der Waals surface area contributed by atoms with Crippen molar-refractivity contribution in [3.05, 3.63) is 107 Å². The summed E-state index contributed by atoms with van der Waals surface area (Å²) in [5.74, 6) is -0.636. The summed E-state index contributed by atoms with van der Waals surface area (Å²) in [5, 5.41) is 16.3. The molecule has 9 heteroatoms. The van der Waals surface area contributed by atoms with Crippen LogP contribution < -0.4 is 5.43 Å². The SMILES string of the molecule is Cc1ccc(S(=O)(=O)N(CC(=O)N/N=C\c2c(O)ccc3ccccc23)Cc2ccccc2Cl)cc1. The molecule has 36 heavy (non-hydrogen) atoms. The van der Waals surface area contributed by atoms with E-state index < -0.39 is 22.5 Å². The lowest BCUT2D eigenvalue weighted by Crippen LogP contribution is -2.39. The van der Waals surface area contributed by atoms with Crippen LogP contribution in [0.15, 0.2) is 94.9 Å². The van der Waals surface area contributed by atoms with E-state index in [2.05, 4.69) is 10.5 Å². The number of hydrogen-bond donors (Lipinski definition) is 2. The quantitative estimate of drug-likeness (QED) is 0.256. The molecular weight excluding hydrogens is 498 g/mol. The van der Waals surface area contributed by atoms with E-state index in [1.807, 2.05) is 31.2 Å². The number of sulfonamides is 1. The second-order valence-corrected chi connectivity index (χ2v) is 10.5. The Morgan fingerprint density at radius 2 is 1.69 bits per heavy atom. The topological polar surface area (TPSA) is 99.1 Å². The number of amides is 1. The Morgan fingerprint density at radius 3 is 2.44 bits per heavy atom. The number of fused-ring (bicyclic) bond motifs is 1. The molecule has 1 amide bonds. The molecule has 0 saturated heterocycles. The number of hydrogen-bond acceptors (Lipinski definition) is 5. The first-order chi connectivity index (χ1) is 17.3. The van der Waals surface area contributed by atoms with E-state index in [-0.39, 0.29) is 17.2 Å². The van der Waals surface area contributed by atoms with Gasteiger partial charge in [0, 0.05) is 17.1 Å². The van der Waals surface area contributed by atoms with Crippen LogP contribution in [0.1, 0.15) is 16.7 Å². The van der Waals surface area contributed by atoms with Crippen molar-refractivity contribution in [1.29, 1.82) is 0 Å². The number of rotatable bonds is 8. The highest BCUT2D eigenvalue weighted by Crippen LogP contribution is 2.25. The van der Waals surface area contributed by atoms with Gasteiger partial charge in [0.15, 0.2) is 0 Å². The minimum absolute atomic E-state index is 0.00833. The van der Waals surface area contributed by atoms with Crippen molar-refractivity contribution in [3.63, 3.8) is 0 Å². The van der Waals surface area contributed by atoms with Crippen LogP contribution in [0.2, 0.25) is 5.02 Å². The van der Waals surface area contributed by atoms with E-state index in [9.17, 15) is 18.3 Å². The molecule has 184 valence electrons. The highest BCUT2D eigenvalue weighted by molar-refractivity contribution is 7.89. The Balaban J connectivity index is 1.57. The number of carbonyl (C=O) groups excluding carboxylic acids is 1. The molecule has 0 radical (unpaired) electrons. The van der Waals surface area contributed by atoms with E-state index in [1.54, 1.807) is 48.5 Å². The van der Waals surface area contributed by atoms with Gasteiger partial charge in [-0.1, -0.05) is 77.8 Å². The number of phenolic OH excluding ortho intramolecular Hbond substituents is 1. The van der Waals surface area contributed by atoms with Gasteiger partial charge in [-0.3, -0.25) is 4.79 Å². The number of nitrogens with one attached hydrogen (secondary N) is 1. The van der Waals surface area contributed by atoms with Crippen LogP contribution in [-0.2, 0) is 21.4 Å². The van der Waals surface area contributed by atoms with Crippen molar-refractivity contribution < 1.29 is 18.3 Å². The number of aryl methyl sites for hydroxylation is 1. The zero-order valence-electron chi connectivity index (χ0n) is 19.4. The van der Waals surface area contributed by atoms with Gasteiger partial charge >= 0.3 is 0 Å². The first-order valence-corrected chi connectivity index (χ1v) is 12.9. The molecule has 0 fully saturated rings. The van der Waals surface area contributed by atoms with Crippen LogP contribution in [0.5, 0.6) is 5.75 Å². The van der Waals surface area contributed by atoms with Crippen molar-refractivity contribution in [1.82, 2.24) is 9.73 Å². The summed E-state index contributed by atoms with van der Waals surface area (Å²) in [5.41, 5.74) is 4.28. The summed E-state index contributed by atoms with van der Waals surface area (Å²) in [6.07, 6.45) is 1.34. The monoisotopic (exact) mass is 521 g/mol. The molecule has 2 N–H and O–H groups in total. The fraction of sp³-hybridized carbons (Fsp3) is 0.111. The predicted molar refractivity (Wildman–Crippen MR) is 142 cm³/mol. The predicted octanol–water partition coefficient (Wildman–Crippen LogP) is 4.85. The average molecular weight is 522 g/mol. The third kappa shape index (κ3) is 5.73. The minimum atomic E-state index is -4.02. The first kappa shape index (κ1) is 25.4. The number of phenols is 1. The second-order valence-electron chi connectivity index (χ2n) is 8.19. The summed E-state index contributed by atoms with van der Waals surface area (Å²) in [4.78, 5) is 12.8. The van der Waals surface area contributed by atoms with Crippen LogP contribution in [0.4, 0.5) is 0 Å². The second kappa shape index (κ2) is 10.9. The van der Waals surface area contributed by atoms with Crippen molar-refractivity contribution in [2.24, 2.45) is 5.10 Å². The lowest BCUT2D eigenvalue weighted by atomic mass is 10.0. The summed E-state index contributed by atoms with van der Waals surface area (Å²) in [6, 6.07) is 24.0. The molecule has 0 aliphatic heterocycles.